The summed E-state index contributed by atoms with van der Waals surface area (Å²) < 4.78 is 2.60. The summed E-state index contributed by atoms with van der Waals surface area (Å²) in [6.07, 6.45) is 0. The Morgan fingerprint density at radius 1 is 0.281 bits per heavy atom. The maximum Gasteiger partial charge on any atom is 0.160 e. The molecule has 0 spiro atoms. The standard InChI is InChI=1S/C54H34N2S/c1-3-13-35(14-4-1)44-18-9-10-20-46(44)42-29-41(39-27-28-53-49(32-39)47-21-11-12-22-52(47)57-53)30-43(31-42)51-34-50(55-54(56-51)38-16-5-2-6-17-38)40-26-25-37-24-23-36-15-7-8-19-45(36)48(37)33-40/h1-34H. The van der Waals surface area contributed by atoms with Crippen molar-refractivity contribution >= 4 is 53.1 Å². The third kappa shape index (κ3) is 6.06. The maximum atomic E-state index is 5.33. The monoisotopic (exact) mass is 742 g/mol. The first-order valence-corrected chi connectivity index (χ1v) is 20.1. The van der Waals surface area contributed by atoms with Crippen molar-refractivity contribution in [3.05, 3.63) is 206 Å². The first kappa shape index (κ1) is 33.2. The number of benzene rings is 9. The van der Waals surface area contributed by atoms with E-state index < -0.39 is 0 Å². The van der Waals surface area contributed by atoms with Gasteiger partial charge in [-0.2, -0.15) is 0 Å². The Morgan fingerprint density at radius 3 is 1.63 bits per heavy atom. The number of thiophene rings is 1. The van der Waals surface area contributed by atoms with Crippen LogP contribution in [0.1, 0.15) is 0 Å². The predicted octanol–water partition coefficient (Wildman–Crippen LogP) is 15.2. The average Bonchev–Trinajstić information content (AvgIpc) is 3.67. The van der Waals surface area contributed by atoms with Gasteiger partial charge in [-0.1, -0.05) is 158 Å². The molecule has 2 heterocycles. The van der Waals surface area contributed by atoms with Crippen LogP contribution < -0.4 is 0 Å². The Morgan fingerprint density at radius 2 is 0.825 bits per heavy atom. The highest BCUT2D eigenvalue weighted by Gasteiger charge is 2.17. The summed E-state index contributed by atoms with van der Waals surface area (Å²) >= 11 is 1.85. The minimum absolute atomic E-state index is 0.698. The molecule has 0 fully saturated rings. The fourth-order valence-electron chi connectivity index (χ4n) is 8.23. The molecule has 0 radical (unpaired) electrons. The Hall–Kier alpha value is -7.20. The largest absolute Gasteiger partial charge is 0.228 e. The Balaban J connectivity index is 1.15. The summed E-state index contributed by atoms with van der Waals surface area (Å²) in [5.41, 5.74) is 11.8. The van der Waals surface area contributed by atoms with E-state index in [0.29, 0.717) is 5.82 Å². The number of fused-ring (bicyclic) bond motifs is 6. The highest BCUT2D eigenvalue weighted by Crippen LogP contribution is 2.41. The van der Waals surface area contributed by atoms with Crippen LogP contribution in [0.15, 0.2) is 206 Å². The van der Waals surface area contributed by atoms with Crippen LogP contribution in [0.5, 0.6) is 0 Å². The molecular weight excluding hydrogens is 709 g/mol. The fourth-order valence-corrected chi connectivity index (χ4v) is 9.31. The zero-order valence-electron chi connectivity index (χ0n) is 30.9. The van der Waals surface area contributed by atoms with Crippen molar-refractivity contribution in [3.63, 3.8) is 0 Å². The molecule has 3 heteroatoms. The van der Waals surface area contributed by atoms with Gasteiger partial charge in [0.2, 0.25) is 0 Å². The molecule has 0 unspecified atom stereocenters. The second-order valence-corrected chi connectivity index (χ2v) is 15.7. The molecule has 0 saturated carbocycles. The van der Waals surface area contributed by atoms with Crippen molar-refractivity contribution < 1.29 is 0 Å². The molecule has 0 saturated heterocycles. The molecule has 0 aliphatic heterocycles. The SMILES string of the molecule is c1ccc(-c2nc(-c3cc(-c4ccc5sc6ccccc6c5c4)cc(-c4ccccc4-c4ccccc4)c3)cc(-c3ccc4ccc5ccccc5c4c3)n2)cc1. The van der Waals surface area contributed by atoms with Crippen molar-refractivity contribution in [2.45, 2.75) is 0 Å². The molecule has 0 amide bonds. The Labute approximate surface area is 335 Å². The van der Waals surface area contributed by atoms with E-state index in [1.54, 1.807) is 0 Å². The van der Waals surface area contributed by atoms with Gasteiger partial charge >= 0.3 is 0 Å². The predicted molar refractivity (Wildman–Crippen MR) is 243 cm³/mol. The Bertz CT molecular complexity index is 3290. The lowest BCUT2D eigenvalue weighted by atomic mass is 9.90. The van der Waals surface area contributed by atoms with Crippen LogP contribution in [0, 0.1) is 0 Å². The van der Waals surface area contributed by atoms with E-state index in [0.717, 1.165) is 39.2 Å². The topological polar surface area (TPSA) is 25.8 Å². The van der Waals surface area contributed by atoms with Crippen LogP contribution in [-0.2, 0) is 0 Å². The van der Waals surface area contributed by atoms with Gasteiger partial charge < -0.3 is 0 Å². The average molecular weight is 743 g/mol. The molecule has 266 valence electrons. The van der Waals surface area contributed by atoms with E-state index in [1.807, 2.05) is 17.4 Å². The van der Waals surface area contributed by atoms with Crippen LogP contribution in [0.3, 0.4) is 0 Å². The third-order valence-corrected chi connectivity index (χ3v) is 12.2. The van der Waals surface area contributed by atoms with E-state index in [1.165, 1.54) is 64.0 Å². The van der Waals surface area contributed by atoms with E-state index in [2.05, 4.69) is 200 Å². The van der Waals surface area contributed by atoms with Crippen LogP contribution in [0.2, 0.25) is 0 Å². The number of aromatic nitrogens is 2. The summed E-state index contributed by atoms with van der Waals surface area (Å²) in [4.78, 5) is 10.6. The summed E-state index contributed by atoms with van der Waals surface area (Å²) in [7, 11) is 0. The lowest BCUT2D eigenvalue weighted by Crippen LogP contribution is -1.97. The van der Waals surface area contributed by atoms with E-state index >= 15 is 0 Å². The minimum Gasteiger partial charge on any atom is -0.228 e. The molecule has 0 bridgehead atoms. The molecular formula is C54H34N2S. The second kappa shape index (κ2) is 13.8. The van der Waals surface area contributed by atoms with Gasteiger partial charge in [0.15, 0.2) is 5.82 Å². The normalized spacial score (nSPS) is 11.5. The van der Waals surface area contributed by atoms with Crippen LogP contribution in [0.4, 0.5) is 0 Å². The first-order chi connectivity index (χ1) is 28.2. The van der Waals surface area contributed by atoms with Crippen LogP contribution in [0.25, 0.3) is 109 Å². The molecule has 57 heavy (non-hydrogen) atoms. The molecule has 11 rings (SSSR count). The number of hydrogen-bond acceptors (Lipinski definition) is 3. The quantitative estimate of drug-likeness (QED) is 0.159. The van der Waals surface area contributed by atoms with Crippen molar-refractivity contribution in [2.75, 3.05) is 0 Å². The first-order valence-electron chi connectivity index (χ1n) is 19.3. The Kier molecular flexibility index (Phi) is 8.04. The van der Waals surface area contributed by atoms with E-state index in [4.69, 9.17) is 9.97 Å². The summed E-state index contributed by atoms with van der Waals surface area (Å²) in [5, 5.41) is 7.46. The summed E-state index contributed by atoms with van der Waals surface area (Å²) in [5.74, 6) is 0.698. The van der Waals surface area contributed by atoms with Gasteiger partial charge in [0.1, 0.15) is 0 Å². The lowest BCUT2D eigenvalue weighted by Gasteiger charge is -2.16. The summed E-state index contributed by atoms with van der Waals surface area (Å²) in [6.45, 7) is 0. The highest BCUT2D eigenvalue weighted by atomic mass is 32.1. The maximum absolute atomic E-state index is 5.33. The van der Waals surface area contributed by atoms with Gasteiger partial charge in [-0.05, 0) is 103 Å². The number of nitrogens with zero attached hydrogens (tertiary/aromatic N) is 2. The van der Waals surface area contributed by atoms with Gasteiger partial charge in [0.25, 0.3) is 0 Å². The van der Waals surface area contributed by atoms with Crippen molar-refractivity contribution in [3.8, 4) is 67.3 Å². The number of rotatable bonds is 6. The second-order valence-electron chi connectivity index (χ2n) is 14.6. The number of hydrogen-bond donors (Lipinski definition) is 0. The highest BCUT2D eigenvalue weighted by molar-refractivity contribution is 7.25. The summed E-state index contributed by atoms with van der Waals surface area (Å²) in [6, 6.07) is 74.2. The molecule has 9 aromatic carbocycles. The third-order valence-electron chi connectivity index (χ3n) is 11.1. The molecule has 0 aliphatic carbocycles. The zero-order valence-corrected chi connectivity index (χ0v) is 31.7. The van der Waals surface area contributed by atoms with Gasteiger partial charge in [-0.15, -0.1) is 11.3 Å². The van der Waals surface area contributed by atoms with E-state index in [9.17, 15) is 0 Å². The smallest absolute Gasteiger partial charge is 0.160 e. The minimum atomic E-state index is 0.698. The zero-order chi connectivity index (χ0) is 37.7. The molecule has 0 atom stereocenters. The molecule has 0 N–H and O–H groups in total. The van der Waals surface area contributed by atoms with Gasteiger partial charge in [-0.3, -0.25) is 0 Å². The molecule has 2 nitrogen and oxygen atoms in total. The molecule has 11 aromatic rings. The molecule has 2 aromatic heterocycles. The van der Waals surface area contributed by atoms with E-state index in [-0.39, 0.29) is 0 Å². The van der Waals surface area contributed by atoms with Crippen molar-refractivity contribution in [2.24, 2.45) is 0 Å². The van der Waals surface area contributed by atoms with Crippen molar-refractivity contribution in [1.82, 2.24) is 9.97 Å². The van der Waals surface area contributed by atoms with Gasteiger partial charge in [-0.25, -0.2) is 9.97 Å². The lowest BCUT2D eigenvalue weighted by molar-refractivity contribution is 1.18. The fraction of sp³-hybridized carbons (Fsp3) is 0. The van der Waals surface area contributed by atoms with Crippen LogP contribution >= 0.6 is 11.3 Å². The van der Waals surface area contributed by atoms with Gasteiger partial charge in [0, 0.05) is 36.9 Å². The van der Waals surface area contributed by atoms with Crippen LogP contribution in [-0.4, -0.2) is 9.97 Å². The van der Waals surface area contributed by atoms with Gasteiger partial charge in [0.05, 0.1) is 11.4 Å². The molecule has 0 aliphatic rings. The van der Waals surface area contributed by atoms with Crippen molar-refractivity contribution in [1.29, 1.82) is 0 Å².